The van der Waals surface area contributed by atoms with Crippen LogP contribution in [0.4, 0.5) is 5.69 Å². The summed E-state index contributed by atoms with van der Waals surface area (Å²) in [5.74, 6) is 0.0973. The average molecular weight is 695 g/mol. The molecule has 0 N–H and O–H groups in total. The van der Waals surface area contributed by atoms with Crippen LogP contribution in [0.25, 0.3) is 6.08 Å². The van der Waals surface area contributed by atoms with Crippen molar-refractivity contribution in [2.75, 3.05) is 25.2 Å². The van der Waals surface area contributed by atoms with Crippen LogP contribution < -0.4 is 14.4 Å². The van der Waals surface area contributed by atoms with Crippen LogP contribution in [-0.2, 0) is 20.9 Å². The Morgan fingerprint density at radius 2 is 1.74 bits per heavy atom. The Hall–Kier alpha value is -2.92. The minimum Gasteiger partial charge on any atom is -0.490 e. The highest BCUT2D eigenvalue weighted by Gasteiger charge is 2.40. The maximum Gasteiger partial charge on any atom is 0.325 e. The molecule has 0 aromatic heterocycles. The number of hydrogen-bond acceptors (Lipinski definition) is 6. The van der Waals surface area contributed by atoms with Crippen LogP contribution in [0.15, 0.2) is 75.3 Å². The zero-order chi connectivity index (χ0) is 28.1. The van der Waals surface area contributed by atoms with Gasteiger partial charge in [-0.3, -0.25) is 14.5 Å². The highest BCUT2D eigenvalue weighted by molar-refractivity contribution is 9.10. The molecule has 202 valence electrons. The zero-order valence-electron chi connectivity index (χ0n) is 20.9. The predicted molar refractivity (Wildman–Crippen MR) is 162 cm³/mol. The lowest BCUT2D eigenvalue weighted by atomic mass is 10.1. The van der Waals surface area contributed by atoms with Crippen molar-refractivity contribution in [2.24, 2.45) is 0 Å². The molecule has 1 saturated heterocycles. The van der Waals surface area contributed by atoms with E-state index >= 15 is 0 Å². The van der Waals surface area contributed by atoms with Gasteiger partial charge in [0, 0.05) is 9.50 Å². The number of anilines is 1. The van der Waals surface area contributed by atoms with E-state index in [1.54, 1.807) is 36.4 Å². The average Bonchev–Trinajstić information content (AvgIpc) is 3.13. The first-order chi connectivity index (χ1) is 18.7. The maximum atomic E-state index is 13.6. The summed E-state index contributed by atoms with van der Waals surface area (Å²) < 4.78 is 18.4. The second-order valence-corrected chi connectivity index (χ2v) is 10.8. The van der Waals surface area contributed by atoms with Crippen LogP contribution in [-0.4, -0.2) is 42.2 Å². The number of hydrogen-bond donors (Lipinski definition) is 0. The molecular weight excluding hydrogens is 672 g/mol. The number of nitrogens with zero attached hydrogens (tertiary/aromatic N) is 2. The largest absolute Gasteiger partial charge is 0.490 e. The van der Waals surface area contributed by atoms with Gasteiger partial charge in [0.2, 0.25) is 0 Å². The molecule has 1 amide bonds. The van der Waals surface area contributed by atoms with Gasteiger partial charge in [0.05, 0.1) is 23.9 Å². The van der Waals surface area contributed by atoms with E-state index in [1.165, 1.54) is 16.9 Å². The van der Waals surface area contributed by atoms with E-state index in [0.717, 1.165) is 10.0 Å². The Balaban J connectivity index is 1.70. The molecule has 4 rings (SSSR count). The summed E-state index contributed by atoms with van der Waals surface area (Å²) in [6, 6.07) is 18.1. The highest BCUT2D eigenvalue weighted by Crippen LogP contribution is 2.39. The summed E-state index contributed by atoms with van der Waals surface area (Å²) in [4.78, 5) is 28.6. The first-order valence-corrected chi connectivity index (χ1v) is 14.1. The number of benzene rings is 3. The van der Waals surface area contributed by atoms with E-state index in [1.807, 2.05) is 37.3 Å². The molecule has 3 aromatic rings. The van der Waals surface area contributed by atoms with E-state index in [0.29, 0.717) is 45.5 Å². The number of thiocarbonyl (C=S) groups is 1. The fourth-order valence-electron chi connectivity index (χ4n) is 3.81. The van der Waals surface area contributed by atoms with Crippen molar-refractivity contribution in [1.29, 1.82) is 0 Å². The molecule has 0 aliphatic carbocycles. The van der Waals surface area contributed by atoms with Gasteiger partial charge in [-0.1, -0.05) is 39.7 Å². The number of amides is 1. The zero-order valence-corrected chi connectivity index (χ0v) is 25.7. The summed E-state index contributed by atoms with van der Waals surface area (Å²) >= 11 is 18.7. The van der Waals surface area contributed by atoms with Gasteiger partial charge in [-0.2, -0.15) is 0 Å². The van der Waals surface area contributed by atoms with Gasteiger partial charge >= 0.3 is 5.97 Å². The van der Waals surface area contributed by atoms with Gasteiger partial charge < -0.3 is 19.1 Å². The maximum absolute atomic E-state index is 13.6. The molecule has 0 bridgehead atoms. The van der Waals surface area contributed by atoms with Crippen molar-refractivity contribution in [2.45, 2.75) is 13.5 Å². The normalized spacial score (nSPS) is 14.2. The van der Waals surface area contributed by atoms with Crippen LogP contribution in [0, 0.1) is 0 Å². The van der Waals surface area contributed by atoms with Crippen LogP contribution in [0.3, 0.4) is 0 Å². The van der Waals surface area contributed by atoms with Gasteiger partial charge in [-0.05, 0) is 101 Å². The molecule has 0 atom stereocenters. The summed E-state index contributed by atoms with van der Waals surface area (Å²) in [6.07, 6.45) is 1.65. The molecule has 3 aromatic carbocycles. The van der Waals surface area contributed by atoms with Gasteiger partial charge in [-0.15, -0.1) is 0 Å². The number of halogens is 3. The Morgan fingerprint density at radius 3 is 2.38 bits per heavy atom. The quantitative estimate of drug-likeness (QED) is 0.136. The van der Waals surface area contributed by atoms with Gasteiger partial charge in [-0.25, -0.2) is 0 Å². The van der Waals surface area contributed by atoms with Gasteiger partial charge in [0.1, 0.15) is 18.8 Å². The minimum absolute atomic E-state index is 0.150. The lowest BCUT2D eigenvalue weighted by molar-refractivity contribution is -0.140. The minimum atomic E-state index is -0.540. The third kappa shape index (κ3) is 6.81. The predicted octanol–water partition coefficient (Wildman–Crippen LogP) is 6.99. The van der Waals surface area contributed by atoms with Crippen LogP contribution in [0.1, 0.15) is 18.1 Å². The summed E-state index contributed by atoms with van der Waals surface area (Å²) in [6.45, 7) is 2.38. The number of carbonyl (C=O) groups excluding carboxylic acids is 2. The van der Waals surface area contributed by atoms with Crippen molar-refractivity contribution in [3.63, 3.8) is 0 Å². The smallest absolute Gasteiger partial charge is 0.325 e. The summed E-state index contributed by atoms with van der Waals surface area (Å²) in [7, 11) is 1.28. The monoisotopic (exact) mass is 692 g/mol. The molecule has 7 nitrogen and oxygen atoms in total. The first kappa shape index (κ1) is 29.1. The molecule has 11 heteroatoms. The first-order valence-electron chi connectivity index (χ1n) is 11.8. The number of carbonyl (C=O) groups is 2. The molecule has 0 saturated carbocycles. The standard InChI is InChI=1S/C28H23Br2ClN2O5S/c1-3-37-24-14-18(12-22(30)26(24)38-16-17-4-6-19(29)7-5-17)13-23-27(35)33(21-10-8-20(31)9-11-21)28(39)32(23)15-25(34)36-2/h4-14H,3,15-16H2,1-2H3/b23-13-. The van der Waals surface area contributed by atoms with Crippen LogP contribution >= 0.6 is 55.7 Å². The Bertz CT molecular complexity index is 1430. The molecular formula is C28H23Br2ClN2O5S. The van der Waals surface area contributed by atoms with E-state index in [4.69, 9.17) is 38.0 Å². The van der Waals surface area contributed by atoms with Crippen molar-refractivity contribution in [1.82, 2.24) is 4.90 Å². The summed E-state index contributed by atoms with van der Waals surface area (Å²) in [5.41, 5.74) is 2.36. The van der Waals surface area contributed by atoms with Crippen molar-refractivity contribution in [3.05, 3.63) is 91.5 Å². The second kappa shape index (κ2) is 13.0. The van der Waals surface area contributed by atoms with Crippen molar-refractivity contribution < 1.29 is 23.8 Å². The van der Waals surface area contributed by atoms with E-state index in [9.17, 15) is 9.59 Å². The second-order valence-electron chi connectivity index (χ2n) is 8.27. The SMILES string of the molecule is CCOc1cc(/C=C2/C(=O)N(c3ccc(Cl)cc3)C(=S)N2CC(=O)OC)cc(Br)c1OCc1ccc(Br)cc1. The molecule has 0 unspecified atom stereocenters. The number of rotatable bonds is 9. The number of ether oxygens (including phenoxy) is 3. The summed E-state index contributed by atoms with van der Waals surface area (Å²) in [5, 5.41) is 0.673. The van der Waals surface area contributed by atoms with Crippen molar-refractivity contribution in [3.8, 4) is 11.5 Å². The Kier molecular flexibility index (Phi) is 9.66. The molecule has 39 heavy (non-hydrogen) atoms. The highest BCUT2D eigenvalue weighted by atomic mass is 79.9. The molecule has 0 radical (unpaired) electrons. The topological polar surface area (TPSA) is 68.3 Å². The van der Waals surface area contributed by atoms with Gasteiger partial charge in [0.25, 0.3) is 5.91 Å². The number of methoxy groups -OCH3 is 1. The molecule has 1 fully saturated rings. The number of esters is 1. The van der Waals surface area contributed by atoms with E-state index in [-0.39, 0.29) is 17.4 Å². The molecule has 0 spiro atoms. The van der Waals surface area contributed by atoms with E-state index < -0.39 is 11.9 Å². The van der Waals surface area contributed by atoms with Gasteiger partial charge in [0.15, 0.2) is 16.6 Å². The molecule has 1 aliphatic heterocycles. The molecule has 1 heterocycles. The lowest BCUT2D eigenvalue weighted by Gasteiger charge is -2.19. The van der Waals surface area contributed by atoms with Crippen molar-refractivity contribution >= 4 is 84.4 Å². The third-order valence-electron chi connectivity index (χ3n) is 5.67. The lowest BCUT2D eigenvalue weighted by Crippen LogP contribution is -2.35. The fourth-order valence-corrected chi connectivity index (χ4v) is 5.13. The van der Waals surface area contributed by atoms with E-state index in [2.05, 4.69) is 31.9 Å². The van der Waals surface area contributed by atoms with Crippen LogP contribution in [0.5, 0.6) is 11.5 Å². The molecule has 1 aliphatic rings. The fraction of sp³-hybridized carbons (Fsp3) is 0.179. The Morgan fingerprint density at radius 1 is 1.05 bits per heavy atom. The Labute approximate surface area is 253 Å². The van der Waals surface area contributed by atoms with Crippen LogP contribution in [0.2, 0.25) is 5.02 Å². The third-order valence-corrected chi connectivity index (χ3v) is 7.44.